The molecular formula is C23H29N3O7. The third-order valence-electron chi connectivity index (χ3n) is 5.01. The van der Waals surface area contributed by atoms with Crippen molar-refractivity contribution >= 4 is 23.2 Å². The Morgan fingerprint density at radius 3 is 2.24 bits per heavy atom. The van der Waals surface area contributed by atoms with E-state index >= 15 is 0 Å². The van der Waals surface area contributed by atoms with Crippen molar-refractivity contribution in [1.82, 2.24) is 5.32 Å². The van der Waals surface area contributed by atoms with Crippen molar-refractivity contribution in [1.29, 1.82) is 0 Å². The summed E-state index contributed by atoms with van der Waals surface area (Å²) in [5.74, 6) is -0.632. The smallest absolute Gasteiger partial charge is 0.286 e. The van der Waals surface area contributed by atoms with Crippen LogP contribution >= 0.6 is 0 Å². The molecule has 2 aromatic rings. The van der Waals surface area contributed by atoms with Crippen molar-refractivity contribution < 1.29 is 28.7 Å². The van der Waals surface area contributed by atoms with Crippen LogP contribution in [0.25, 0.3) is 0 Å². The van der Waals surface area contributed by atoms with Crippen LogP contribution in [-0.2, 0) is 4.74 Å². The van der Waals surface area contributed by atoms with Gasteiger partial charge in [-0.05, 0) is 44.5 Å². The monoisotopic (exact) mass is 459 g/mol. The zero-order chi connectivity index (χ0) is 24.6. The number of nitrogens with one attached hydrogen (secondary N) is 2. The van der Waals surface area contributed by atoms with Gasteiger partial charge in [-0.2, -0.15) is 0 Å². The number of carbonyl (C=O) groups excluding carboxylic acids is 2. The number of amides is 2. The number of carbonyl (C=O) groups is 2. The number of anilines is 1. The van der Waals surface area contributed by atoms with Crippen LogP contribution in [-0.4, -0.2) is 49.7 Å². The minimum atomic E-state index is -0.701. The van der Waals surface area contributed by atoms with Crippen LogP contribution in [0.2, 0.25) is 0 Å². The summed E-state index contributed by atoms with van der Waals surface area (Å²) in [5, 5.41) is 17.1. The van der Waals surface area contributed by atoms with Gasteiger partial charge in [0.1, 0.15) is 12.2 Å². The molecule has 2 rings (SSSR count). The van der Waals surface area contributed by atoms with E-state index in [1.165, 1.54) is 20.3 Å². The Balaban J connectivity index is 2.23. The number of hydrogen-bond acceptors (Lipinski definition) is 7. The summed E-state index contributed by atoms with van der Waals surface area (Å²) in [5.41, 5.74) is -0.165. The average Bonchev–Trinajstić information content (AvgIpc) is 2.78. The standard InChI is InChI=1S/C23H29N3O7/c1-6-23(2,3)25-21(27)15-7-9-16(10-8-15)24-22(28)17-13-19(32-5)20(33-12-11-31-4)14-18(17)26(29)30/h7-10,13-14H,6,11-12H2,1-5H3,(H,24,28)(H,25,27). The molecule has 0 heterocycles. The van der Waals surface area contributed by atoms with Crippen molar-refractivity contribution in [2.75, 3.05) is 32.8 Å². The molecule has 0 aromatic heterocycles. The predicted octanol–water partition coefficient (Wildman–Crippen LogP) is 3.80. The molecule has 0 aliphatic heterocycles. The lowest BCUT2D eigenvalue weighted by atomic mass is 10.0. The van der Waals surface area contributed by atoms with E-state index < -0.39 is 16.5 Å². The fourth-order valence-electron chi connectivity index (χ4n) is 2.76. The summed E-state index contributed by atoms with van der Waals surface area (Å²) in [6.45, 7) is 6.27. The van der Waals surface area contributed by atoms with Gasteiger partial charge in [0.15, 0.2) is 11.5 Å². The summed E-state index contributed by atoms with van der Waals surface area (Å²) in [7, 11) is 2.87. The van der Waals surface area contributed by atoms with Gasteiger partial charge in [0.25, 0.3) is 17.5 Å². The molecule has 0 saturated carbocycles. The van der Waals surface area contributed by atoms with Crippen LogP contribution in [0.3, 0.4) is 0 Å². The first-order valence-electron chi connectivity index (χ1n) is 10.3. The molecule has 0 saturated heterocycles. The minimum absolute atomic E-state index is 0.128. The number of benzene rings is 2. The molecule has 0 aliphatic carbocycles. The van der Waals surface area contributed by atoms with Crippen molar-refractivity contribution in [3.63, 3.8) is 0 Å². The zero-order valence-corrected chi connectivity index (χ0v) is 19.4. The van der Waals surface area contributed by atoms with Gasteiger partial charge in [0, 0.05) is 30.0 Å². The first-order chi connectivity index (χ1) is 15.6. The van der Waals surface area contributed by atoms with Gasteiger partial charge in [-0.15, -0.1) is 0 Å². The number of nitro groups is 1. The van der Waals surface area contributed by atoms with E-state index in [0.717, 1.165) is 12.5 Å². The highest BCUT2D eigenvalue weighted by atomic mass is 16.6. The SMILES string of the molecule is CCC(C)(C)NC(=O)c1ccc(NC(=O)c2cc(OC)c(OCCOC)cc2[N+](=O)[O-])cc1. The van der Waals surface area contributed by atoms with Crippen LogP contribution in [0, 0.1) is 10.1 Å². The maximum absolute atomic E-state index is 12.8. The Labute approximate surface area is 192 Å². The highest BCUT2D eigenvalue weighted by Crippen LogP contribution is 2.35. The molecule has 0 unspecified atom stereocenters. The molecule has 2 N–H and O–H groups in total. The predicted molar refractivity (Wildman–Crippen MR) is 123 cm³/mol. The summed E-state index contributed by atoms with van der Waals surface area (Å²) in [6.07, 6.45) is 0.769. The van der Waals surface area contributed by atoms with Gasteiger partial charge in [-0.25, -0.2) is 0 Å². The Hall–Kier alpha value is -3.66. The quantitative estimate of drug-likeness (QED) is 0.297. The van der Waals surface area contributed by atoms with Gasteiger partial charge < -0.3 is 24.8 Å². The highest BCUT2D eigenvalue weighted by molar-refractivity contribution is 6.07. The van der Waals surface area contributed by atoms with Crippen LogP contribution in [0.1, 0.15) is 47.9 Å². The molecule has 0 radical (unpaired) electrons. The van der Waals surface area contributed by atoms with Crippen molar-refractivity contribution in [3.8, 4) is 11.5 Å². The van der Waals surface area contributed by atoms with Crippen LogP contribution in [0.5, 0.6) is 11.5 Å². The van der Waals surface area contributed by atoms with Crippen LogP contribution in [0.4, 0.5) is 11.4 Å². The third kappa shape index (κ3) is 6.91. The maximum Gasteiger partial charge on any atom is 0.286 e. The van der Waals surface area contributed by atoms with Crippen molar-refractivity contribution in [3.05, 3.63) is 57.6 Å². The second-order valence-corrected chi connectivity index (χ2v) is 7.84. The van der Waals surface area contributed by atoms with Gasteiger partial charge in [0.05, 0.1) is 24.7 Å². The molecule has 0 bridgehead atoms. The molecule has 2 amide bonds. The van der Waals surface area contributed by atoms with Crippen molar-refractivity contribution in [2.45, 2.75) is 32.7 Å². The van der Waals surface area contributed by atoms with Gasteiger partial charge >= 0.3 is 0 Å². The zero-order valence-electron chi connectivity index (χ0n) is 19.4. The Kier molecular flexibility index (Phi) is 8.75. The molecule has 2 aromatic carbocycles. The lowest BCUT2D eigenvalue weighted by Gasteiger charge is -2.24. The molecule has 10 nitrogen and oxygen atoms in total. The molecule has 178 valence electrons. The lowest BCUT2D eigenvalue weighted by Crippen LogP contribution is -2.42. The van der Waals surface area contributed by atoms with E-state index in [1.54, 1.807) is 24.3 Å². The molecule has 0 fully saturated rings. The van der Waals surface area contributed by atoms with E-state index in [2.05, 4.69) is 10.6 Å². The number of nitrogens with zero attached hydrogens (tertiary/aromatic N) is 1. The van der Waals surface area contributed by atoms with Crippen molar-refractivity contribution in [2.24, 2.45) is 0 Å². The number of hydrogen-bond donors (Lipinski definition) is 2. The second-order valence-electron chi connectivity index (χ2n) is 7.84. The number of methoxy groups -OCH3 is 2. The van der Waals surface area contributed by atoms with E-state index in [1.807, 2.05) is 20.8 Å². The normalized spacial score (nSPS) is 10.9. The first kappa shape index (κ1) is 25.6. The third-order valence-corrected chi connectivity index (χ3v) is 5.01. The summed E-state index contributed by atoms with van der Waals surface area (Å²) in [6, 6.07) is 8.64. The fraction of sp³-hybridized carbons (Fsp3) is 0.391. The Bertz CT molecular complexity index is 1000. The lowest BCUT2D eigenvalue weighted by molar-refractivity contribution is -0.385. The first-order valence-corrected chi connectivity index (χ1v) is 10.3. The van der Waals surface area contributed by atoms with E-state index in [9.17, 15) is 19.7 Å². The molecule has 33 heavy (non-hydrogen) atoms. The molecular weight excluding hydrogens is 430 g/mol. The highest BCUT2D eigenvalue weighted by Gasteiger charge is 2.25. The van der Waals surface area contributed by atoms with E-state index in [-0.39, 0.29) is 41.7 Å². The number of nitro benzene ring substituents is 1. The fourth-order valence-corrected chi connectivity index (χ4v) is 2.76. The minimum Gasteiger partial charge on any atom is -0.493 e. The maximum atomic E-state index is 12.8. The molecule has 0 spiro atoms. The topological polar surface area (TPSA) is 129 Å². The molecule has 0 aliphatic rings. The van der Waals surface area contributed by atoms with E-state index in [0.29, 0.717) is 11.3 Å². The van der Waals surface area contributed by atoms with Crippen LogP contribution < -0.4 is 20.1 Å². The molecule has 0 atom stereocenters. The van der Waals surface area contributed by atoms with Gasteiger partial charge in [0.2, 0.25) is 0 Å². The molecule has 10 heteroatoms. The number of rotatable bonds is 11. The average molecular weight is 459 g/mol. The number of ether oxygens (including phenoxy) is 3. The van der Waals surface area contributed by atoms with Gasteiger partial charge in [-0.3, -0.25) is 19.7 Å². The summed E-state index contributed by atoms with van der Waals surface area (Å²) < 4.78 is 15.6. The van der Waals surface area contributed by atoms with Crippen LogP contribution in [0.15, 0.2) is 36.4 Å². The largest absolute Gasteiger partial charge is 0.493 e. The Morgan fingerprint density at radius 1 is 1.03 bits per heavy atom. The summed E-state index contributed by atoms with van der Waals surface area (Å²) >= 11 is 0. The Morgan fingerprint density at radius 2 is 1.70 bits per heavy atom. The van der Waals surface area contributed by atoms with E-state index in [4.69, 9.17) is 14.2 Å². The second kappa shape index (κ2) is 11.3. The van der Waals surface area contributed by atoms with Gasteiger partial charge in [-0.1, -0.05) is 6.92 Å². The summed E-state index contributed by atoms with van der Waals surface area (Å²) in [4.78, 5) is 36.1.